The van der Waals surface area contributed by atoms with Gasteiger partial charge < -0.3 is 131 Å². The van der Waals surface area contributed by atoms with Crippen molar-refractivity contribution in [2.24, 2.45) is 0 Å². The van der Waals surface area contributed by atoms with Gasteiger partial charge in [0.15, 0.2) is 93.4 Å². The highest BCUT2D eigenvalue weighted by atomic mass is 16.6. The summed E-state index contributed by atoms with van der Waals surface area (Å²) in [5.74, 6) is -40.4. The molecule has 6 bridgehead atoms. The zero-order chi connectivity index (χ0) is 62.7. The Hall–Kier alpha value is -12.2. The fraction of sp³-hybridized carbons (Fsp3) is 0.161. The Morgan fingerprint density at radius 2 is 0.805 bits per heavy atom. The summed E-state index contributed by atoms with van der Waals surface area (Å²) in [5.41, 5.74) is -17.4. The monoisotopic (exact) mass is 1210 g/mol. The first-order valence-electron chi connectivity index (χ1n) is 25.0. The number of benzene rings is 7. The van der Waals surface area contributed by atoms with Gasteiger partial charge in [0, 0.05) is 62.6 Å². The fourth-order valence-corrected chi connectivity index (χ4v) is 11.6. The summed E-state index contributed by atoms with van der Waals surface area (Å²) in [5, 5.41) is 228. The third kappa shape index (κ3) is 7.75. The number of hydrogen-bond donors (Lipinski definition) is 20. The highest BCUT2D eigenvalue weighted by molar-refractivity contribution is 6.17. The molecule has 7 aromatic carbocycles. The maximum absolute atomic E-state index is 15.8. The second-order valence-corrected chi connectivity index (χ2v) is 20.2. The first-order chi connectivity index (χ1) is 41.0. The van der Waals surface area contributed by atoms with Gasteiger partial charge in [0.1, 0.15) is 30.0 Å². The molecule has 6 aliphatic rings. The van der Waals surface area contributed by atoms with Crippen LogP contribution >= 0.6 is 0 Å². The van der Waals surface area contributed by atoms with Crippen LogP contribution in [0.4, 0.5) is 0 Å². The molecule has 0 saturated carbocycles. The van der Waals surface area contributed by atoms with E-state index in [0.717, 1.165) is 18.2 Å². The summed E-state index contributed by atoms with van der Waals surface area (Å²) in [6.07, 6.45) is -15.4. The topological polar surface area (TPSA) is 545 Å². The van der Waals surface area contributed by atoms with E-state index in [1.54, 1.807) is 0 Å². The van der Waals surface area contributed by atoms with Crippen LogP contribution < -0.4 is 4.74 Å². The number of rotatable bonds is 2. The molecule has 0 unspecified atom stereocenters. The lowest BCUT2D eigenvalue weighted by molar-refractivity contribution is -0.135. The van der Waals surface area contributed by atoms with E-state index in [1.165, 1.54) is 6.07 Å². The molecule has 31 nitrogen and oxygen atoms in total. The van der Waals surface area contributed by atoms with E-state index in [9.17, 15) is 107 Å². The molecule has 31 heteroatoms. The van der Waals surface area contributed by atoms with Crippen molar-refractivity contribution in [1.82, 2.24) is 0 Å². The van der Waals surface area contributed by atoms with E-state index in [0.29, 0.717) is 12.1 Å². The second-order valence-electron chi connectivity index (χ2n) is 20.2. The number of fused-ring (bicyclic) bond motifs is 8. The number of carbonyl (C=O) groups is 5. The zero-order valence-corrected chi connectivity index (χ0v) is 42.9. The predicted octanol–water partition coefficient (Wildman–Crippen LogP) is 3.28. The summed E-state index contributed by atoms with van der Waals surface area (Å²) in [6, 6.07) is 5.01. The van der Waals surface area contributed by atoms with E-state index >= 15 is 19.2 Å². The molecule has 0 saturated heterocycles. The number of phenolic OH excluding ortho intramolecular Hbond substituents is 19. The van der Waals surface area contributed by atoms with E-state index in [-0.39, 0.29) is 11.6 Å². The maximum atomic E-state index is 15.8. The molecule has 0 fully saturated rings. The van der Waals surface area contributed by atoms with E-state index < -0.39 is 278 Å². The molecule has 87 heavy (non-hydrogen) atoms. The van der Waals surface area contributed by atoms with Crippen LogP contribution in [0.5, 0.6) is 115 Å². The Balaban J connectivity index is 1.21. The molecule has 0 spiro atoms. The van der Waals surface area contributed by atoms with Gasteiger partial charge in [-0.25, -0.2) is 24.0 Å². The van der Waals surface area contributed by atoms with Gasteiger partial charge in [0.25, 0.3) is 0 Å². The zero-order valence-electron chi connectivity index (χ0n) is 42.9. The van der Waals surface area contributed by atoms with Crippen LogP contribution in [-0.2, 0) is 30.1 Å². The normalized spacial score (nSPS) is 20.9. The van der Waals surface area contributed by atoms with Crippen LogP contribution in [0, 0.1) is 0 Å². The molecule has 0 aromatic heterocycles. The predicted molar refractivity (Wildman–Crippen MR) is 276 cm³/mol. The van der Waals surface area contributed by atoms with Gasteiger partial charge in [-0.1, -0.05) is 6.07 Å². The van der Waals surface area contributed by atoms with Gasteiger partial charge in [0.2, 0.25) is 28.7 Å². The number of phenols is 19. The average Bonchev–Trinajstić information content (AvgIpc) is 1.30. The maximum Gasteiger partial charge on any atom is 0.340 e. The Morgan fingerprint density at radius 3 is 1.37 bits per heavy atom. The minimum absolute atomic E-state index is 0.0205. The second kappa shape index (κ2) is 18.9. The molecule has 6 heterocycles. The standard InChI is InChI=1S/C56H38O31/c57-15-2-1-10(3-16(15)58)48-21(63)4-11-22(83-48)8-17(59)27(35(11)64)32-31-34-30(44(73)47(76)45(31)74)29-33-28(42(71)46(75)43(29)72)26-14(7-20(62)38(67)41(26)70)53(78)84-23-9-82-52(77)12-5-18(60)36(65)39(68)24(12)25-13(6-19(61)37(66)40(25)69)54(79)85-49(23)51(87-56(33)81)50(32)86-55(34)80/h1-3,5-8,21,23,32,48-51,57-76H,4,9H2/t21-,23+,32+,48+,49+,50-,51-/m0/s1. The van der Waals surface area contributed by atoms with Crippen molar-refractivity contribution in [2.45, 2.75) is 49.0 Å². The van der Waals surface area contributed by atoms with Crippen LogP contribution in [-0.4, -0.2) is 169 Å². The quantitative estimate of drug-likeness (QED) is 0.0671. The number of ether oxygens (including phenoxy) is 6. The van der Waals surface area contributed by atoms with Crippen molar-refractivity contribution >= 4 is 29.8 Å². The van der Waals surface area contributed by atoms with Gasteiger partial charge in [-0.3, -0.25) is 0 Å². The van der Waals surface area contributed by atoms with E-state index in [4.69, 9.17) is 28.4 Å². The largest absolute Gasteiger partial charge is 0.507 e. The molecule has 448 valence electrons. The Labute approximate surface area is 479 Å². The lowest BCUT2D eigenvalue weighted by Gasteiger charge is -2.43. The van der Waals surface area contributed by atoms with Crippen molar-refractivity contribution in [2.75, 3.05) is 6.61 Å². The van der Waals surface area contributed by atoms with Crippen LogP contribution in [0.3, 0.4) is 0 Å². The van der Waals surface area contributed by atoms with Crippen LogP contribution in [0.2, 0.25) is 0 Å². The molecular formula is C56H38O31. The first-order valence-corrected chi connectivity index (χ1v) is 25.0. The van der Waals surface area contributed by atoms with E-state index in [1.807, 2.05) is 0 Å². The first kappa shape index (κ1) is 55.4. The van der Waals surface area contributed by atoms with Crippen LogP contribution in [0.25, 0.3) is 33.4 Å². The van der Waals surface area contributed by atoms with Gasteiger partial charge in [-0.05, 0) is 35.9 Å². The number of carbonyl (C=O) groups excluding carboxylic acids is 5. The fourth-order valence-electron chi connectivity index (χ4n) is 11.6. The molecule has 20 N–H and O–H groups in total. The molecule has 7 aromatic rings. The third-order valence-electron chi connectivity index (χ3n) is 15.5. The molecule has 13 rings (SSSR count). The summed E-state index contributed by atoms with van der Waals surface area (Å²) in [6.45, 7) is -1.63. The number of aliphatic hydroxyl groups excluding tert-OH is 1. The minimum atomic E-state index is -3.01. The summed E-state index contributed by atoms with van der Waals surface area (Å²) < 4.78 is 35.3. The SMILES string of the molecule is O=C1OC[C@H]2OC(=O)c3cc(O)c(O)c(O)c3-c3c(O)c(O)c(O)c4c3C(=O)O[C@H]([C@H]3OC(=O)c5c-4c(O)c(O)c(O)c5[C@H]3c3c(O)cc4c(c3O)C[C@H](O)[C@@H](c3ccc(O)c(O)c3)O4)[C@@H]2OC(=O)c2cc(O)c(O)c(O)c2-c2c1cc(O)c(O)c2O. The lowest BCUT2D eigenvalue weighted by Crippen LogP contribution is -2.56. The smallest absolute Gasteiger partial charge is 0.340 e. The van der Waals surface area contributed by atoms with Crippen molar-refractivity contribution in [3.63, 3.8) is 0 Å². The van der Waals surface area contributed by atoms with E-state index in [2.05, 4.69) is 0 Å². The molecular weight excluding hydrogens is 1170 g/mol. The van der Waals surface area contributed by atoms with Gasteiger partial charge >= 0.3 is 29.8 Å². The molecule has 6 aliphatic heterocycles. The van der Waals surface area contributed by atoms with Crippen LogP contribution in [0.1, 0.15) is 86.1 Å². The average molecular weight is 1210 g/mol. The summed E-state index contributed by atoms with van der Waals surface area (Å²) in [7, 11) is 0. The highest BCUT2D eigenvalue weighted by Crippen LogP contribution is 2.64. The summed E-state index contributed by atoms with van der Waals surface area (Å²) in [4.78, 5) is 75.8. The van der Waals surface area contributed by atoms with Gasteiger partial charge in [-0.15, -0.1) is 0 Å². The molecule has 0 radical (unpaired) electrons. The molecule has 0 amide bonds. The van der Waals surface area contributed by atoms with Crippen molar-refractivity contribution in [3.05, 3.63) is 92.5 Å². The van der Waals surface area contributed by atoms with Gasteiger partial charge in [-0.2, -0.15) is 0 Å². The number of esters is 5. The number of hydrogen-bond acceptors (Lipinski definition) is 31. The van der Waals surface area contributed by atoms with Crippen LogP contribution in [0.15, 0.2) is 42.5 Å². The number of cyclic esters (lactones) is 1. The Kier molecular flexibility index (Phi) is 12.1. The van der Waals surface area contributed by atoms with Crippen molar-refractivity contribution in [3.8, 4) is 148 Å². The molecule has 0 aliphatic carbocycles. The molecule has 7 atom stereocenters. The summed E-state index contributed by atoms with van der Waals surface area (Å²) >= 11 is 0. The highest BCUT2D eigenvalue weighted by Gasteiger charge is 2.57. The van der Waals surface area contributed by atoms with Crippen molar-refractivity contribution < 1.29 is 155 Å². The Morgan fingerprint density at radius 1 is 0.345 bits per heavy atom. The van der Waals surface area contributed by atoms with Gasteiger partial charge in [0.05, 0.1) is 39.8 Å². The Bertz CT molecular complexity index is 4350. The lowest BCUT2D eigenvalue weighted by atomic mass is 9.73. The number of aliphatic hydroxyl groups is 1. The number of aromatic hydroxyl groups is 19. The van der Waals surface area contributed by atoms with Crippen molar-refractivity contribution in [1.29, 1.82) is 0 Å². The minimum Gasteiger partial charge on any atom is -0.507 e. The third-order valence-corrected chi connectivity index (χ3v) is 15.5.